The standard InChI is InChI=1S/C28H28N4O/c1-21-7-12-26-25(17-21)28(20-32(26)27(33)30-24-5-3-2-4-6-24)13-15-31(16-14-28)19-23-10-8-22(18-29)9-11-23/h2-12,17H,13-16,19-20H2,1H3,(H,30,33). The van der Waals surface area contributed by atoms with Crippen LogP contribution in [-0.2, 0) is 12.0 Å². The van der Waals surface area contributed by atoms with Crippen molar-refractivity contribution in [2.45, 2.75) is 31.7 Å². The normalized spacial score (nSPS) is 16.9. The molecule has 0 saturated carbocycles. The Morgan fingerprint density at radius 3 is 2.45 bits per heavy atom. The van der Waals surface area contributed by atoms with Gasteiger partial charge >= 0.3 is 6.03 Å². The van der Waals surface area contributed by atoms with Crippen molar-refractivity contribution in [3.8, 4) is 6.07 Å². The van der Waals surface area contributed by atoms with Gasteiger partial charge in [0, 0.05) is 29.9 Å². The molecule has 0 aromatic heterocycles. The van der Waals surface area contributed by atoms with Crippen LogP contribution in [0.15, 0.2) is 72.8 Å². The predicted molar refractivity (Wildman–Crippen MR) is 131 cm³/mol. The highest BCUT2D eigenvalue weighted by Gasteiger charge is 2.46. The molecule has 166 valence electrons. The molecule has 0 unspecified atom stereocenters. The van der Waals surface area contributed by atoms with Crippen molar-refractivity contribution < 1.29 is 4.79 Å². The molecule has 0 aliphatic carbocycles. The van der Waals surface area contributed by atoms with Gasteiger partial charge in [0.1, 0.15) is 0 Å². The summed E-state index contributed by atoms with van der Waals surface area (Å²) in [6.07, 6.45) is 2.05. The monoisotopic (exact) mass is 436 g/mol. The molecule has 3 aromatic rings. The summed E-state index contributed by atoms with van der Waals surface area (Å²) in [6.45, 7) is 5.71. The average Bonchev–Trinajstić information content (AvgIpc) is 3.15. The molecule has 1 fully saturated rings. The van der Waals surface area contributed by atoms with Crippen molar-refractivity contribution in [1.82, 2.24) is 4.90 Å². The first-order chi connectivity index (χ1) is 16.1. The molecule has 1 spiro atoms. The molecular weight excluding hydrogens is 408 g/mol. The van der Waals surface area contributed by atoms with Crippen LogP contribution < -0.4 is 10.2 Å². The first-order valence-electron chi connectivity index (χ1n) is 11.5. The fraction of sp³-hybridized carbons (Fsp3) is 0.286. The Hall–Kier alpha value is -3.62. The maximum absolute atomic E-state index is 13.2. The van der Waals surface area contributed by atoms with Crippen molar-refractivity contribution in [2.24, 2.45) is 0 Å². The number of urea groups is 1. The number of aryl methyl sites for hydroxylation is 1. The Morgan fingerprint density at radius 1 is 1.03 bits per heavy atom. The van der Waals surface area contributed by atoms with E-state index in [1.165, 1.54) is 16.7 Å². The molecule has 1 N–H and O–H groups in total. The van der Waals surface area contributed by atoms with E-state index in [4.69, 9.17) is 5.26 Å². The van der Waals surface area contributed by atoms with E-state index in [9.17, 15) is 4.79 Å². The predicted octanol–water partition coefficient (Wildman–Crippen LogP) is 5.45. The highest BCUT2D eigenvalue weighted by Crippen LogP contribution is 2.47. The maximum Gasteiger partial charge on any atom is 0.326 e. The number of para-hydroxylation sites is 1. The second-order valence-electron chi connectivity index (χ2n) is 9.27. The molecule has 5 heteroatoms. The number of fused-ring (bicyclic) bond motifs is 2. The minimum absolute atomic E-state index is 0.00343. The van der Waals surface area contributed by atoms with E-state index < -0.39 is 0 Å². The van der Waals surface area contributed by atoms with Crippen molar-refractivity contribution in [3.63, 3.8) is 0 Å². The number of nitrogens with zero attached hydrogens (tertiary/aromatic N) is 3. The summed E-state index contributed by atoms with van der Waals surface area (Å²) in [5, 5.41) is 12.1. The van der Waals surface area contributed by atoms with Crippen LogP contribution in [0.25, 0.3) is 0 Å². The third kappa shape index (κ3) is 4.22. The summed E-state index contributed by atoms with van der Waals surface area (Å²) in [6, 6.07) is 26.1. The number of benzene rings is 3. The summed E-state index contributed by atoms with van der Waals surface area (Å²) < 4.78 is 0. The Bertz CT molecular complexity index is 1190. The highest BCUT2D eigenvalue weighted by molar-refractivity contribution is 6.03. The average molecular weight is 437 g/mol. The lowest BCUT2D eigenvalue weighted by atomic mass is 9.74. The van der Waals surface area contributed by atoms with Crippen LogP contribution in [0.4, 0.5) is 16.2 Å². The lowest BCUT2D eigenvalue weighted by molar-refractivity contribution is 0.160. The van der Waals surface area contributed by atoms with E-state index in [0.29, 0.717) is 5.56 Å². The van der Waals surface area contributed by atoms with Crippen LogP contribution in [0.5, 0.6) is 0 Å². The Labute approximate surface area is 195 Å². The Morgan fingerprint density at radius 2 is 1.76 bits per heavy atom. The molecule has 2 heterocycles. The third-order valence-corrected chi connectivity index (χ3v) is 7.05. The van der Waals surface area contributed by atoms with Gasteiger partial charge < -0.3 is 5.32 Å². The van der Waals surface area contributed by atoms with Gasteiger partial charge in [0.2, 0.25) is 0 Å². The summed E-state index contributed by atoms with van der Waals surface area (Å²) in [7, 11) is 0. The van der Waals surface area contributed by atoms with Gasteiger partial charge in [-0.2, -0.15) is 5.26 Å². The fourth-order valence-electron chi connectivity index (χ4n) is 5.19. The smallest absolute Gasteiger partial charge is 0.308 e. The Kier molecular flexibility index (Phi) is 5.62. The van der Waals surface area contributed by atoms with Crippen LogP contribution in [0.1, 0.15) is 35.1 Å². The zero-order valence-corrected chi connectivity index (χ0v) is 18.9. The van der Waals surface area contributed by atoms with E-state index in [-0.39, 0.29) is 11.4 Å². The van der Waals surface area contributed by atoms with Crippen molar-refractivity contribution in [3.05, 3.63) is 95.1 Å². The van der Waals surface area contributed by atoms with Gasteiger partial charge in [0.15, 0.2) is 0 Å². The molecule has 5 nitrogen and oxygen atoms in total. The number of rotatable bonds is 3. The molecule has 3 aromatic carbocycles. The van der Waals surface area contributed by atoms with Gasteiger partial charge in [-0.3, -0.25) is 9.80 Å². The first-order valence-corrected chi connectivity index (χ1v) is 11.5. The molecule has 33 heavy (non-hydrogen) atoms. The van der Waals surface area contributed by atoms with Crippen LogP contribution in [0, 0.1) is 18.3 Å². The second kappa shape index (κ2) is 8.73. The fourth-order valence-corrected chi connectivity index (χ4v) is 5.19. The van der Waals surface area contributed by atoms with Crippen molar-refractivity contribution in [2.75, 3.05) is 29.9 Å². The molecule has 5 rings (SSSR count). The van der Waals surface area contributed by atoms with Crippen molar-refractivity contribution >= 4 is 17.4 Å². The number of amides is 2. The van der Waals surface area contributed by atoms with Crippen molar-refractivity contribution in [1.29, 1.82) is 5.26 Å². The first kappa shape index (κ1) is 21.2. The molecule has 0 radical (unpaired) electrons. The Balaban J connectivity index is 1.32. The number of hydrogen-bond acceptors (Lipinski definition) is 3. The van der Waals surface area contributed by atoms with E-state index >= 15 is 0 Å². The highest BCUT2D eigenvalue weighted by atomic mass is 16.2. The van der Waals surface area contributed by atoms with Gasteiger partial charge in [-0.1, -0.05) is 48.0 Å². The van der Waals surface area contributed by atoms with Crippen LogP contribution in [-0.4, -0.2) is 30.6 Å². The van der Waals surface area contributed by atoms with E-state index in [1.807, 2.05) is 59.5 Å². The minimum Gasteiger partial charge on any atom is -0.308 e. The summed E-state index contributed by atoms with van der Waals surface area (Å²) in [4.78, 5) is 17.6. The number of piperidine rings is 1. The SMILES string of the molecule is Cc1ccc2c(c1)C1(CCN(Cc3ccc(C#N)cc3)CC1)CN2C(=O)Nc1ccccc1. The minimum atomic E-state index is -0.0665. The molecule has 2 aliphatic rings. The molecule has 2 aliphatic heterocycles. The topological polar surface area (TPSA) is 59.4 Å². The van der Waals surface area contributed by atoms with Crippen LogP contribution in [0.2, 0.25) is 0 Å². The number of hydrogen-bond donors (Lipinski definition) is 1. The number of carbonyl (C=O) groups is 1. The third-order valence-electron chi connectivity index (χ3n) is 7.05. The second-order valence-corrected chi connectivity index (χ2v) is 9.27. The molecule has 2 amide bonds. The van der Waals surface area contributed by atoms with E-state index in [2.05, 4.69) is 41.4 Å². The number of nitrogens with one attached hydrogen (secondary N) is 1. The van der Waals surface area contributed by atoms with Crippen LogP contribution in [0.3, 0.4) is 0 Å². The van der Waals surface area contributed by atoms with E-state index in [0.717, 1.165) is 50.4 Å². The molecule has 0 bridgehead atoms. The van der Waals surface area contributed by atoms with Crippen LogP contribution >= 0.6 is 0 Å². The number of anilines is 2. The van der Waals surface area contributed by atoms with Gasteiger partial charge in [-0.25, -0.2) is 4.79 Å². The quantitative estimate of drug-likeness (QED) is 0.594. The molecule has 1 saturated heterocycles. The number of likely N-dealkylation sites (tertiary alicyclic amines) is 1. The van der Waals surface area contributed by atoms with Gasteiger partial charge in [-0.05, 0) is 74.3 Å². The van der Waals surface area contributed by atoms with Gasteiger partial charge in [-0.15, -0.1) is 0 Å². The maximum atomic E-state index is 13.2. The number of nitriles is 1. The van der Waals surface area contributed by atoms with Gasteiger partial charge in [0.05, 0.1) is 11.6 Å². The summed E-state index contributed by atoms with van der Waals surface area (Å²) >= 11 is 0. The lowest BCUT2D eigenvalue weighted by Gasteiger charge is -2.40. The van der Waals surface area contributed by atoms with Gasteiger partial charge in [0.25, 0.3) is 0 Å². The van der Waals surface area contributed by atoms with E-state index in [1.54, 1.807) is 0 Å². The largest absolute Gasteiger partial charge is 0.326 e. The number of carbonyl (C=O) groups excluding carboxylic acids is 1. The zero-order valence-electron chi connectivity index (χ0n) is 18.9. The molecular formula is C28H28N4O. The molecule has 0 atom stereocenters. The lowest BCUT2D eigenvalue weighted by Crippen LogP contribution is -2.46. The summed E-state index contributed by atoms with van der Waals surface area (Å²) in [5.74, 6) is 0. The zero-order chi connectivity index (χ0) is 22.8. The summed E-state index contributed by atoms with van der Waals surface area (Å²) in [5.41, 5.74) is 6.32.